The minimum absolute atomic E-state index is 0.124. The number of halogens is 1. The number of rotatable bonds is 5. The monoisotopic (exact) mass is 480 g/mol. The molecular formula is C20H21ClN4O4S2. The van der Waals surface area contributed by atoms with Crippen LogP contribution in [0.15, 0.2) is 39.8 Å². The summed E-state index contributed by atoms with van der Waals surface area (Å²) in [4.78, 5) is 18.3. The van der Waals surface area contributed by atoms with Crippen LogP contribution >= 0.6 is 22.9 Å². The van der Waals surface area contributed by atoms with Crippen LogP contribution in [0, 0.1) is 19.8 Å². The predicted octanol–water partition coefficient (Wildman–Crippen LogP) is 4.11. The van der Waals surface area contributed by atoms with Gasteiger partial charge in [0.25, 0.3) is 0 Å². The second-order valence-electron chi connectivity index (χ2n) is 7.35. The van der Waals surface area contributed by atoms with E-state index in [9.17, 15) is 13.2 Å². The fourth-order valence-corrected chi connectivity index (χ4v) is 6.68. The van der Waals surface area contributed by atoms with Crippen LogP contribution in [0.1, 0.15) is 23.6 Å². The zero-order valence-corrected chi connectivity index (χ0v) is 19.4. The molecule has 0 saturated carbocycles. The summed E-state index contributed by atoms with van der Waals surface area (Å²) in [5.74, 6) is 0.416. The van der Waals surface area contributed by atoms with Gasteiger partial charge in [-0.25, -0.2) is 8.42 Å². The molecule has 0 bridgehead atoms. The lowest BCUT2D eigenvalue weighted by Crippen LogP contribution is -2.41. The van der Waals surface area contributed by atoms with Crippen LogP contribution in [0.4, 0.5) is 5.69 Å². The Bertz CT molecular complexity index is 1210. The molecule has 31 heavy (non-hydrogen) atoms. The fourth-order valence-electron chi connectivity index (χ4n) is 3.54. The molecule has 11 heteroatoms. The number of carbonyl (C=O) groups excluding carboxylic acids is 1. The fraction of sp³-hybridized carbons (Fsp3) is 0.350. The lowest BCUT2D eigenvalue weighted by atomic mass is 9.97. The van der Waals surface area contributed by atoms with Crippen molar-refractivity contribution in [3.8, 4) is 10.7 Å². The summed E-state index contributed by atoms with van der Waals surface area (Å²) < 4.78 is 32.9. The minimum atomic E-state index is -3.68. The van der Waals surface area contributed by atoms with E-state index in [0.717, 1.165) is 0 Å². The van der Waals surface area contributed by atoms with Gasteiger partial charge in [0.2, 0.25) is 27.6 Å². The van der Waals surface area contributed by atoms with Crippen LogP contribution in [0.2, 0.25) is 5.02 Å². The number of anilines is 1. The number of aryl methyl sites for hydroxylation is 2. The van der Waals surface area contributed by atoms with Gasteiger partial charge in [0.05, 0.1) is 9.77 Å². The first-order valence-electron chi connectivity index (χ1n) is 9.72. The average molecular weight is 481 g/mol. The molecule has 1 aliphatic heterocycles. The molecule has 1 N–H and O–H groups in total. The standard InChI is InChI=1S/C20H21ClN4O4S2/c1-12-18(11-17(30-12)19-22-13(2)29-24-19)31(27,28)25-8-6-14(7-9-25)20(26)23-16-5-3-4-15(21)10-16/h3-5,10-11,14H,6-9H2,1-2H3,(H,23,26). The number of piperidine rings is 1. The average Bonchev–Trinajstić information content (AvgIpc) is 3.34. The maximum atomic E-state index is 13.2. The highest BCUT2D eigenvalue weighted by atomic mass is 35.5. The molecule has 1 aliphatic rings. The number of aromatic nitrogens is 2. The molecular weight excluding hydrogens is 460 g/mol. The number of sulfonamides is 1. The summed E-state index contributed by atoms with van der Waals surface area (Å²) in [7, 11) is -3.68. The van der Waals surface area contributed by atoms with Crippen LogP contribution in [-0.2, 0) is 14.8 Å². The van der Waals surface area contributed by atoms with E-state index in [1.165, 1.54) is 15.6 Å². The second-order valence-corrected chi connectivity index (χ2v) is 10.9. The molecule has 164 valence electrons. The Hall–Kier alpha value is -2.27. The molecule has 0 atom stereocenters. The van der Waals surface area contributed by atoms with Crippen molar-refractivity contribution in [3.63, 3.8) is 0 Å². The lowest BCUT2D eigenvalue weighted by Gasteiger charge is -2.30. The number of amides is 1. The molecule has 2 aromatic heterocycles. The third-order valence-electron chi connectivity index (χ3n) is 5.15. The van der Waals surface area contributed by atoms with E-state index in [4.69, 9.17) is 16.1 Å². The van der Waals surface area contributed by atoms with Crippen LogP contribution in [0.3, 0.4) is 0 Å². The molecule has 1 aromatic carbocycles. The molecule has 8 nitrogen and oxygen atoms in total. The summed E-state index contributed by atoms with van der Waals surface area (Å²) in [5, 5.41) is 7.27. The topological polar surface area (TPSA) is 105 Å². The Morgan fingerprint density at radius 3 is 2.65 bits per heavy atom. The molecule has 0 unspecified atom stereocenters. The summed E-state index contributed by atoms with van der Waals surface area (Å²) in [5.41, 5.74) is 0.630. The summed E-state index contributed by atoms with van der Waals surface area (Å²) >= 11 is 7.27. The van der Waals surface area contributed by atoms with E-state index < -0.39 is 10.0 Å². The Kier molecular flexibility index (Phi) is 6.16. The van der Waals surface area contributed by atoms with Crippen molar-refractivity contribution in [3.05, 3.63) is 46.1 Å². The molecule has 1 fully saturated rings. The number of carbonyl (C=O) groups is 1. The van der Waals surface area contributed by atoms with Crippen molar-refractivity contribution < 1.29 is 17.7 Å². The minimum Gasteiger partial charge on any atom is -0.339 e. The predicted molar refractivity (Wildman–Crippen MR) is 119 cm³/mol. The molecule has 1 amide bonds. The third kappa shape index (κ3) is 4.67. The third-order valence-corrected chi connectivity index (χ3v) is 8.59. The van der Waals surface area contributed by atoms with Gasteiger partial charge < -0.3 is 9.84 Å². The van der Waals surface area contributed by atoms with Crippen LogP contribution in [0.25, 0.3) is 10.7 Å². The van der Waals surface area contributed by atoms with Crippen LogP contribution in [-0.4, -0.2) is 41.9 Å². The Morgan fingerprint density at radius 1 is 1.26 bits per heavy atom. The van der Waals surface area contributed by atoms with E-state index in [2.05, 4.69) is 15.5 Å². The molecule has 3 heterocycles. The van der Waals surface area contributed by atoms with Gasteiger partial charge in [0.1, 0.15) is 0 Å². The van der Waals surface area contributed by atoms with Crippen molar-refractivity contribution >= 4 is 44.6 Å². The lowest BCUT2D eigenvalue weighted by molar-refractivity contribution is -0.120. The Labute approximate surface area is 189 Å². The first-order valence-corrected chi connectivity index (χ1v) is 12.3. The number of hydrogen-bond donors (Lipinski definition) is 1. The van der Waals surface area contributed by atoms with Crippen LogP contribution < -0.4 is 5.32 Å². The largest absolute Gasteiger partial charge is 0.339 e. The number of nitrogens with zero attached hydrogens (tertiary/aromatic N) is 3. The molecule has 4 rings (SSSR count). The summed E-state index contributed by atoms with van der Waals surface area (Å²) in [6, 6.07) is 8.54. The van der Waals surface area contributed by atoms with E-state index in [-0.39, 0.29) is 29.8 Å². The van der Waals surface area contributed by atoms with E-state index in [1.54, 1.807) is 44.2 Å². The summed E-state index contributed by atoms with van der Waals surface area (Å²) in [6.45, 7) is 4.00. The normalized spacial score (nSPS) is 15.8. The molecule has 0 radical (unpaired) electrons. The second kappa shape index (κ2) is 8.70. The Morgan fingerprint density at radius 2 is 2.00 bits per heavy atom. The first-order chi connectivity index (χ1) is 14.7. The SMILES string of the molecule is Cc1nc(-c2cc(S(=O)(=O)N3CCC(C(=O)Nc4cccc(Cl)c4)CC3)c(C)s2)no1. The molecule has 3 aromatic rings. The quantitative estimate of drug-likeness (QED) is 0.589. The van der Waals surface area contributed by atoms with Gasteiger partial charge in [-0.3, -0.25) is 4.79 Å². The van der Waals surface area contributed by atoms with Crippen molar-refractivity contribution in [1.82, 2.24) is 14.4 Å². The highest BCUT2D eigenvalue weighted by Gasteiger charge is 2.34. The van der Waals surface area contributed by atoms with Crippen molar-refractivity contribution in [1.29, 1.82) is 0 Å². The molecule has 0 aliphatic carbocycles. The molecule has 0 spiro atoms. The Balaban J connectivity index is 1.43. The van der Waals surface area contributed by atoms with Gasteiger partial charge >= 0.3 is 0 Å². The number of benzene rings is 1. The van der Waals surface area contributed by atoms with Crippen molar-refractivity contribution in [2.45, 2.75) is 31.6 Å². The number of hydrogen-bond acceptors (Lipinski definition) is 7. The maximum absolute atomic E-state index is 13.2. The van der Waals surface area contributed by atoms with Gasteiger partial charge in [0, 0.05) is 41.5 Å². The highest BCUT2D eigenvalue weighted by Crippen LogP contribution is 2.35. The van der Waals surface area contributed by atoms with E-state index in [1.807, 2.05) is 0 Å². The molecule has 1 saturated heterocycles. The van der Waals surface area contributed by atoms with Crippen molar-refractivity contribution in [2.75, 3.05) is 18.4 Å². The van der Waals surface area contributed by atoms with Gasteiger partial charge in [-0.1, -0.05) is 22.8 Å². The summed E-state index contributed by atoms with van der Waals surface area (Å²) in [6.07, 6.45) is 0.900. The van der Waals surface area contributed by atoms with Crippen LogP contribution in [0.5, 0.6) is 0 Å². The highest BCUT2D eigenvalue weighted by molar-refractivity contribution is 7.89. The van der Waals surface area contributed by atoms with E-state index in [0.29, 0.717) is 45.0 Å². The maximum Gasteiger partial charge on any atom is 0.244 e. The van der Waals surface area contributed by atoms with Gasteiger partial charge in [-0.15, -0.1) is 11.3 Å². The van der Waals surface area contributed by atoms with Gasteiger partial charge in [-0.05, 0) is 44.0 Å². The zero-order valence-electron chi connectivity index (χ0n) is 17.0. The van der Waals surface area contributed by atoms with Gasteiger partial charge in [0.15, 0.2) is 0 Å². The van der Waals surface area contributed by atoms with Crippen molar-refractivity contribution in [2.24, 2.45) is 5.92 Å². The smallest absolute Gasteiger partial charge is 0.244 e. The number of thiophene rings is 1. The zero-order chi connectivity index (χ0) is 22.2. The van der Waals surface area contributed by atoms with E-state index >= 15 is 0 Å². The first kappa shape index (κ1) is 21.9. The number of nitrogens with one attached hydrogen (secondary N) is 1. The van der Waals surface area contributed by atoms with Gasteiger partial charge in [-0.2, -0.15) is 9.29 Å².